The van der Waals surface area contributed by atoms with Crippen LogP contribution in [0.25, 0.3) is 16.6 Å². The summed E-state index contributed by atoms with van der Waals surface area (Å²) in [7, 11) is 0. The van der Waals surface area contributed by atoms with Gasteiger partial charge in [0.15, 0.2) is 0 Å². The molecule has 142 valence electrons. The summed E-state index contributed by atoms with van der Waals surface area (Å²) < 4.78 is 16.8. The van der Waals surface area contributed by atoms with E-state index in [0.29, 0.717) is 29.5 Å². The van der Waals surface area contributed by atoms with E-state index in [2.05, 4.69) is 5.32 Å². The number of nitrogens with zero attached hydrogens (tertiary/aromatic N) is 2. The van der Waals surface area contributed by atoms with Gasteiger partial charge in [-0.25, -0.2) is 4.39 Å². The molecular weight excluding hydrogens is 357 g/mol. The minimum Gasteiger partial charge on any atom is -0.354 e. The zero-order valence-electron chi connectivity index (χ0n) is 15.5. The summed E-state index contributed by atoms with van der Waals surface area (Å²) in [5.74, 6) is -0.734. The topological polar surface area (TPSA) is 55.5 Å². The first-order valence-electron chi connectivity index (χ1n) is 9.14. The Morgan fingerprint density at radius 2 is 1.82 bits per heavy atom. The predicted octanol–water partition coefficient (Wildman–Crippen LogP) is 3.06. The summed E-state index contributed by atoms with van der Waals surface area (Å²) in [4.78, 5) is 25.3. The van der Waals surface area contributed by atoms with Gasteiger partial charge in [-0.3, -0.25) is 14.2 Å². The van der Waals surface area contributed by atoms with Gasteiger partial charge in [0.2, 0.25) is 5.91 Å². The van der Waals surface area contributed by atoms with Gasteiger partial charge in [0.05, 0.1) is 11.0 Å². The van der Waals surface area contributed by atoms with Crippen molar-refractivity contribution in [3.05, 3.63) is 88.1 Å². The predicted molar refractivity (Wildman–Crippen MR) is 107 cm³/mol. The number of halogens is 1. The number of hydrogen-bond acceptors (Lipinski definition) is 2. The van der Waals surface area contributed by atoms with Crippen LogP contribution >= 0.6 is 0 Å². The van der Waals surface area contributed by atoms with Crippen molar-refractivity contribution >= 4 is 22.5 Å². The molecule has 0 radical (unpaired) electrons. The molecule has 5 nitrogen and oxygen atoms in total. The van der Waals surface area contributed by atoms with Gasteiger partial charge < -0.3 is 9.72 Å². The number of aryl methyl sites for hydroxylation is 1. The fourth-order valence-electron chi connectivity index (χ4n) is 3.39. The van der Waals surface area contributed by atoms with Crippen molar-refractivity contribution in [1.82, 2.24) is 14.3 Å². The molecule has 0 bridgehead atoms. The summed E-state index contributed by atoms with van der Waals surface area (Å²) in [6.45, 7) is 2.34. The number of fused-ring (bicyclic) bond motifs is 3. The van der Waals surface area contributed by atoms with Crippen LogP contribution in [0.1, 0.15) is 11.1 Å². The molecule has 6 heteroatoms. The first kappa shape index (κ1) is 18.0. The molecule has 2 heterocycles. The Morgan fingerprint density at radius 1 is 1.04 bits per heavy atom. The molecule has 28 heavy (non-hydrogen) atoms. The number of rotatable bonds is 5. The molecule has 0 atom stereocenters. The van der Waals surface area contributed by atoms with Crippen LogP contribution in [-0.4, -0.2) is 21.4 Å². The molecule has 0 aliphatic heterocycles. The summed E-state index contributed by atoms with van der Waals surface area (Å²) in [5.41, 5.74) is 3.51. The zero-order chi connectivity index (χ0) is 19.7. The van der Waals surface area contributed by atoms with Crippen molar-refractivity contribution < 1.29 is 9.18 Å². The van der Waals surface area contributed by atoms with Crippen LogP contribution in [0.3, 0.4) is 0 Å². The third-order valence-corrected chi connectivity index (χ3v) is 4.86. The van der Waals surface area contributed by atoms with E-state index >= 15 is 0 Å². The van der Waals surface area contributed by atoms with Crippen LogP contribution < -0.4 is 10.9 Å². The van der Waals surface area contributed by atoms with Gasteiger partial charge in [-0.2, -0.15) is 0 Å². The number of aromatic nitrogens is 2. The summed E-state index contributed by atoms with van der Waals surface area (Å²) in [6, 6.07) is 15.8. The molecule has 0 saturated carbocycles. The first-order valence-corrected chi connectivity index (χ1v) is 9.14. The standard InChI is InChI=1S/C22H20FN3O2/c1-15-4-6-16(7-5-15)10-11-24-21(27)14-26-20-13-17(23)8-9-18(20)25-12-2-3-19(25)22(26)28/h2-9,12-13H,10-11,14H2,1H3,(H,24,27). The van der Waals surface area contributed by atoms with Crippen LogP contribution in [0, 0.1) is 12.7 Å². The summed E-state index contributed by atoms with van der Waals surface area (Å²) in [5, 5.41) is 2.84. The van der Waals surface area contributed by atoms with Gasteiger partial charge >= 0.3 is 0 Å². The first-order chi connectivity index (χ1) is 13.5. The average molecular weight is 377 g/mol. The zero-order valence-corrected chi connectivity index (χ0v) is 15.5. The van der Waals surface area contributed by atoms with Crippen molar-refractivity contribution in [2.75, 3.05) is 6.54 Å². The third-order valence-electron chi connectivity index (χ3n) is 4.86. The molecule has 0 saturated heterocycles. The number of hydrogen-bond donors (Lipinski definition) is 1. The molecule has 2 aromatic carbocycles. The third kappa shape index (κ3) is 3.41. The number of amides is 1. The Morgan fingerprint density at radius 3 is 2.61 bits per heavy atom. The average Bonchev–Trinajstić information content (AvgIpc) is 3.17. The maximum atomic E-state index is 13.8. The lowest BCUT2D eigenvalue weighted by atomic mass is 10.1. The molecule has 0 unspecified atom stereocenters. The monoisotopic (exact) mass is 377 g/mol. The van der Waals surface area contributed by atoms with E-state index in [4.69, 9.17) is 0 Å². The highest BCUT2D eigenvalue weighted by Crippen LogP contribution is 2.16. The molecule has 1 amide bonds. The highest BCUT2D eigenvalue weighted by Gasteiger charge is 2.14. The summed E-state index contributed by atoms with van der Waals surface area (Å²) in [6.07, 6.45) is 2.46. The lowest BCUT2D eigenvalue weighted by Gasteiger charge is -2.13. The highest BCUT2D eigenvalue weighted by molar-refractivity contribution is 5.82. The number of carbonyl (C=O) groups is 1. The van der Waals surface area contributed by atoms with Gasteiger partial charge in [0.1, 0.15) is 17.9 Å². The fourth-order valence-corrected chi connectivity index (χ4v) is 3.39. The van der Waals surface area contributed by atoms with Crippen LogP contribution in [0.2, 0.25) is 0 Å². The van der Waals surface area contributed by atoms with E-state index in [0.717, 1.165) is 5.56 Å². The van der Waals surface area contributed by atoms with E-state index in [9.17, 15) is 14.0 Å². The number of benzene rings is 2. The van der Waals surface area contributed by atoms with Gasteiger partial charge in [-0.1, -0.05) is 29.8 Å². The second-order valence-corrected chi connectivity index (χ2v) is 6.87. The van der Waals surface area contributed by atoms with E-state index in [1.54, 1.807) is 28.8 Å². The van der Waals surface area contributed by atoms with Gasteiger partial charge in [0.25, 0.3) is 5.56 Å². The van der Waals surface area contributed by atoms with Gasteiger partial charge in [-0.05, 0) is 49.2 Å². The van der Waals surface area contributed by atoms with Crippen LogP contribution in [0.5, 0.6) is 0 Å². The van der Waals surface area contributed by atoms with Crippen molar-refractivity contribution in [1.29, 1.82) is 0 Å². The molecule has 0 aliphatic carbocycles. The number of nitrogens with one attached hydrogen (secondary N) is 1. The van der Waals surface area contributed by atoms with E-state index in [1.807, 2.05) is 31.2 Å². The lowest BCUT2D eigenvalue weighted by molar-refractivity contribution is -0.121. The molecule has 4 aromatic rings. The van der Waals surface area contributed by atoms with E-state index in [-0.39, 0.29) is 18.0 Å². The summed E-state index contributed by atoms with van der Waals surface area (Å²) >= 11 is 0. The second-order valence-electron chi connectivity index (χ2n) is 6.87. The van der Waals surface area contributed by atoms with Crippen LogP contribution in [0.4, 0.5) is 4.39 Å². The van der Waals surface area contributed by atoms with Crippen molar-refractivity contribution in [3.8, 4) is 0 Å². The second kappa shape index (κ2) is 7.31. The Kier molecular flexibility index (Phi) is 4.69. The minimum atomic E-state index is -0.452. The van der Waals surface area contributed by atoms with Crippen molar-refractivity contribution in [3.63, 3.8) is 0 Å². The Hall–Kier alpha value is -3.41. The molecular formula is C22H20FN3O2. The van der Waals surface area contributed by atoms with Crippen molar-refractivity contribution in [2.24, 2.45) is 0 Å². The normalized spacial score (nSPS) is 11.2. The number of carbonyl (C=O) groups excluding carboxylic acids is 1. The van der Waals surface area contributed by atoms with Gasteiger partial charge in [-0.15, -0.1) is 0 Å². The highest BCUT2D eigenvalue weighted by atomic mass is 19.1. The Labute approximate surface area is 161 Å². The SMILES string of the molecule is Cc1ccc(CCNC(=O)Cn2c(=O)c3cccn3c3ccc(F)cc32)cc1. The maximum absolute atomic E-state index is 13.8. The molecule has 0 aliphatic rings. The Bertz CT molecular complexity index is 1220. The smallest absolute Gasteiger partial charge is 0.275 e. The lowest BCUT2D eigenvalue weighted by Crippen LogP contribution is -2.34. The maximum Gasteiger partial charge on any atom is 0.275 e. The van der Waals surface area contributed by atoms with E-state index in [1.165, 1.54) is 22.3 Å². The molecule has 0 spiro atoms. The molecule has 1 N–H and O–H groups in total. The van der Waals surface area contributed by atoms with Crippen LogP contribution in [-0.2, 0) is 17.8 Å². The molecule has 4 rings (SSSR count). The quantitative estimate of drug-likeness (QED) is 0.581. The van der Waals surface area contributed by atoms with E-state index < -0.39 is 5.82 Å². The Balaban J connectivity index is 1.57. The van der Waals surface area contributed by atoms with Crippen molar-refractivity contribution in [2.45, 2.75) is 19.9 Å². The largest absolute Gasteiger partial charge is 0.354 e. The fraction of sp³-hybridized carbons (Fsp3) is 0.182. The minimum absolute atomic E-state index is 0.158. The molecule has 2 aromatic heterocycles. The van der Waals surface area contributed by atoms with Crippen LogP contribution in [0.15, 0.2) is 65.6 Å². The molecule has 0 fully saturated rings. The van der Waals surface area contributed by atoms with Gasteiger partial charge in [0, 0.05) is 12.7 Å².